The minimum atomic E-state index is -0.595. The van der Waals surface area contributed by atoms with Gasteiger partial charge in [-0.2, -0.15) is 0 Å². The fourth-order valence-corrected chi connectivity index (χ4v) is 3.93. The van der Waals surface area contributed by atoms with Crippen LogP contribution in [0.3, 0.4) is 0 Å². The van der Waals surface area contributed by atoms with Gasteiger partial charge in [0.1, 0.15) is 12.3 Å². The van der Waals surface area contributed by atoms with Crippen molar-refractivity contribution in [2.75, 3.05) is 19.6 Å². The van der Waals surface area contributed by atoms with Crippen LogP contribution in [-0.4, -0.2) is 40.0 Å². The van der Waals surface area contributed by atoms with Gasteiger partial charge in [-0.05, 0) is 50.2 Å². The number of carbonyl (C=O) groups is 1. The number of para-hydroxylation sites is 1. The number of likely N-dealkylation sites (tertiary alicyclic amines) is 1. The molecular weight excluding hydrogens is 372 g/mol. The Morgan fingerprint density at radius 3 is 2.66 bits per heavy atom. The Morgan fingerprint density at radius 1 is 1.10 bits per heavy atom. The Balaban J connectivity index is 1.50. The Labute approximate surface area is 167 Å². The van der Waals surface area contributed by atoms with Crippen LogP contribution >= 0.6 is 0 Å². The lowest BCUT2D eigenvalue weighted by Gasteiger charge is -2.33. The van der Waals surface area contributed by atoms with E-state index in [0.29, 0.717) is 17.4 Å². The minimum Gasteiger partial charge on any atom is -0.468 e. The summed E-state index contributed by atoms with van der Waals surface area (Å²) in [5.74, 6) is 0.525. The smallest absolute Gasteiger partial charge is 0.329 e. The van der Waals surface area contributed by atoms with Crippen LogP contribution in [0.5, 0.6) is 0 Å². The van der Waals surface area contributed by atoms with Crippen molar-refractivity contribution in [3.8, 4) is 0 Å². The van der Waals surface area contributed by atoms with E-state index < -0.39 is 11.2 Å². The quantitative estimate of drug-likeness (QED) is 0.660. The van der Waals surface area contributed by atoms with Crippen molar-refractivity contribution in [3.05, 3.63) is 69.3 Å². The molecule has 0 radical (unpaired) electrons. The van der Waals surface area contributed by atoms with Crippen LogP contribution in [0, 0.1) is 0 Å². The Morgan fingerprint density at radius 2 is 1.90 bits per heavy atom. The van der Waals surface area contributed by atoms with Gasteiger partial charge in [0.05, 0.1) is 23.2 Å². The average Bonchev–Trinajstić information content (AvgIpc) is 3.27. The number of nitrogens with one attached hydrogen (secondary N) is 2. The maximum absolute atomic E-state index is 12.6. The highest BCUT2D eigenvalue weighted by Gasteiger charge is 2.25. The molecular formula is C21H24N4O4. The maximum Gasteiger partial charge on any atom is 0.329 e. The Hall–Kier alpha value is -3.13. The van der Waals surface area contributed by atoms with Gasteiger partial charge in [-0.3, -0.25) is 24.0 Å². The number of furan rings is 1. The molecule has 29 heavy (non-hydrogen) atoms. The van der Waals surface area contributed by atoms with E-state index in [1.807, 2.05) is 12.1 Å². The third-order valence-corrected chi connectivity index (χ3v) is 5.40. The molecule has 1 amide bonds. The van der Waals surface area contributed by atoms with Crippen molar-refractivity contribution in [2.45, 2.75) is 31.8 Å². The van der Waals surface area contributed by atoms with Gasteiger partial charge >= 0.3 is 5.69 Å². The summed E-state index contributed by atoms with van der Waals surface area (Å²) in [4.78, 5) is 41.5. The first kappa shape index (κ1) is 19.2. The van der Waals surface area contributed by atoms with Crippen LogP contribution in [0.4, 0.5) is 0 Å². The summed E-state index contributed by atoms with van der Waals surface area (Å²) in [7, 11) is 0. The van der Waals surface area contributed by atoms with Crippen molar-refractivity contribution in [1.29, 1.82) is 0 Å². The first-order chi connectivity index (χ1) is 14.1. The molecule has 0 spiro atoms. The van der Waals surface area contributed by atoms with Crippen LogP contribution < -0.4 is 16.6 Å². The molecule has 3 aromatic rings. The number of rotatable bonds is 6. The monoisotopic (exact) mass is 396 g/mol. The Kier molecular flexibility index (Phi) is 5.62. The minimum absolute atomic E-state index is 0.0432. The molecule has 3 heterocycles. The first-order valence-corrected chi connectivity index (χ1v) is 9.89. The predicted octanol–water partition coefficient (Wildman–Crippen LogP) is 1.63. The summed E-state index contributed by atoms with van der Waals surface area (Å²) in [6.07, 6.45) is 5.11. The van der Waals surface area contributed by atoms with E-state index in [0.717, 1.165) is 31.7 Å². The molecule has 1 saturated heterocycles. The van der Waals surface area contributed by atoms with Crippen LogP contribution in [0.1, 0.15) is 31.1 Å². The van der Waals surface area contributed by atoms with Crippen LogP contribution in [0.15, 0.2) is 56.7 Å². The van der Waals surface area contributed by atoms with Gasteiger partial charge < -0.3 is 9.73 Å². The number of nitrogens with zero attached hydrogens (tertiary/aromatic N) is 2. The lowest BCUT2D eigenvalue weighted by Crippen LogP contribution is -2.42. The number of hydrogen-bond acceptors (Lipinski definition) is 5. The normalized spacial score (nSPS) is 16.0. The maximum atomic E-state index is 12.6. The molecule has 1 fully saturated rings. The largest absolute Gasteiger partial charge is 0.468 e. The molecule has 2 aromatic heterocycles. The molecule has 0 aliphatic carbocycles. The van der Waals surface area contributed by atoms with E-state index in [2.05, 4.69) is 15.2 Å². The van der Waals surface area contributed by atoms with Gasteiger partial charge in [-0.15, -0.1) is 0 Å². The van der Waals surface area contributed by atoms with Crippen molar-refractivity contribution < 1.29 is 9.21 Å². The number of amides is 1. The van der Waals surface area contributed by atoms with Crippen LogP contribution in [-0.2, 0) is 11.3 Å². The molecule has 1 atom stereocenters. The molecule has 0 saturated carbocycles. The molecule has 152 valence electrons. The van der Waals surface area contributed by atoms with Crippen molar-refractivity contribution >= 4 is 16.8 Å². The summed E-state index contributed by atoms with van der Waals surface area (Å²) < 4.78 is 6.89. The van der Waals surface area contributed by atoms with E-state index in [4.69, 9.17) is 4.42 Å². The van der Waals surface area contributed by atoms with E-state index in [-0.39, 0.29) is 18.5 Å². The molecule has 1 unspecified atom stereocenters. The fraction of sp³-hybridized carbons (Fsp3) is 0.381. The highest BCUT2D eigenvalue weighted by atomic mass is 16.3. The summed E-state index contributed by atoms with van der Waals surface area (Å²) >= 11 is 0. The molecule has 1 aliphatic heterocycles. The number of carbonyl (C=O) groups excluding carboxylic acids is 1. The molecule has 8 nitrogen and oxygen atoms in total. The number of fused-ring (bicyclic) bond motifs is 1. The lowest BCUT2D eigenvalue weighted by molar-refractivity contribution is -0.122. The topological polar surface area (TPSA) is 100 Å². The van der Waals surface area contributed by atoms with Gasteiger partial charge in [0.15, 0.2) is 0 Å². The highest BCUT2D eigenvalue weighted by molar-refractivity contribution is 5.81. The highest BCUT2D eigenvalue weighted by Crippen LogP contribution is 2.24. The average molecular weight is 396 g/mol. The standard InChI is InChI=1S/C21H24N4O4/c26-19(14-25-16-8-3-2-7-15(16)20(27)23-21(25)28)22-13-17(18-9-6-12-29-18)24-10-4-1-5-11-24/h2-3,6-9,12,17H,1,4-5,10-11,13-14H2,(H,22,26)(H,23,27,28). The molecule has 4 rings (SSSR count). The van der Waals surface area contributed by atoms with E-state index in [9.17, 15) is 14.4 Å². The van der Waals surface area contributed by atoms with Gasteiger partial charge in [-0.1, -0.05) is 18.6 Å². The fourth-order valence-electron chi connectivity index (χ4n) is 3.93. The second kappa shape index (κ2) is 8.48. The second-order valence-electron chi connectivity index (χ2n) is 7.29. The number of benzene rings is 1. The lowest BCUT2D eigenvalue weighted by atomic mass is 10.1. The molecule has 1 aliphatic rings. The number of piperidine rings is 1. The number of H-pyrrole nitrogens is 1. The first-order valence-electron chi connectivity index (χ1n) is 9.89. The Bertz CT molecular complexity index is 1090. The van der Waals surface area contributed by atoms with Gasteiger partial charge in [0.2, 0.25) is 5.91 Å². The van der Waals surface area contributed by atoms with E-state index >= 15 is 0 Å². The summed E-state index contributed by atoms with van der Waals surface area (Å²) in [6, 6.07) is 10.5. The van der Waals surface area contributed by atoms with Crippen molar-refractivity contribution in [1.82, 2.24) is 19.8 Å². The summed E-state index contributed by atoms with van der Waals surface area (Å²) in [5.41, 5.74) is -0.609. The van der Waals surface area contributed by atoms with E-state index in [1.54, 1.807) is 30.5 Å². The van der Waals surface area contributed by atoms with Crippen molar-refractivity contribution in [3.63, 3.8) is 0 Å². The summed E-state index contributed by atoms with van der Waals surface area (Å²) in [5, 5.41) is 3.31. The zero-order valence-electron chi connectivity index (χ0n) is 16.1. The third-order valence-electron chi connectivity index (χ3n) is 5.40. The SMILES string of the molecule is O=C(Cn1c(=O)[nH]c(=O)c2ccccc21)NCC(c1ccco1)N1CCCCC1. The number of aromatic amines is 1. The summed E-state index contributed by atoms with van der Waals surface area (Å²) in [6.45, 7) is 2.15. The van der Waals surface area contributed by atoms with Crippen LogP contribution in [0.25, 0.3) is 10.9 Å². The molecule has 8 heteroatoms. The van der Waals surface area contributed by atoms with Crippen LogP contribution in [0.2, 0.25) is 0 Å². The number of hydrogen-bond donors (Lipinski definition) is 2. The molecule has 0 bridgehead atoms. The van der Waals surface area contributed by atoms with E-state index in [1.165, 1.54) is 11.0 Å². The molecule has 1 aromatic carbocycles. The van der Waals surface area contributed by atoms with Gasteiger partial charge in [0, 0.05) is 6.54 Å². The van der Waals surface area contributed by atoms with Gasteiger partial charge in [0.25, 0.3) is 5.56 Å². The molecule has 2 N–H and O–H groups in total. The zero-order valence-corrected chi connectivity index (χ0v) is 16.1. The van der Waals surface area contributed by atoms with Gasteiger partial charge in [-0.25, -0.2) is 4.79 Å². The zero-order chi connectivity index (χ0) is 20.2. The predicted molar refractivity (Wildman–Crippen MR) is 109 cm³/mol. The number of aromatic nitrogens is 2. The van der Waals surface area contributed by atoms with Crippen molar-refractivity contribution in [2.24, 2.45) is 0 Å². The third kappa shape index (κ3) is 4.17. The second-order valence-corrected chi connectivity index (χ2v) is 7.29.